The highest BCUT2D eigenvalue weighted by Crippen LogP contribution is 2.20. The van der Waals surface area contributed by atoms with Gasteiger partial charge >= 0.3 is 12.0 Å². The van der Waals surface area contributed by atoms with Gasteiger partial charge in [-0.25, -0.2) is 18.4 Å². The van der Waals surface area contributed by atoms with Crippen molar-refractivity contribution < 1.29 is 27.9 Å². The van der Waals surface area contributed by atoms with Crippen LogP contribution in [0.4, 0.5) is 13.6 Å². The fourth-order valence-electron chi connectivity index (χ4n) is 1.39. The summed E-state index contributed by atoms with van der Waals surface area (Å²) in [5.41, 5.74) is -0.428. The zero-order chi connectivity index (χ0) is 17.6. The van der Waals surface area contributed by atoms with Crippen LogP contribution in [0.2, 0.25) is 5.02 Å². The first-order valence-corrected chi connectivity index (χ1v) is 6.97. The number of benzene rings is 1. The first-order chi connectivity index (χ1) is 10.7. The van der Waals surface area contributed by atoms with Crippen LogP contribution in [0.25, 0.3) is 0 Å². The number of nitrogens with one attached hydrogen (secondary N) is 2. The van der Waals surface area contributed by atoms with Gasteiger partial charge in [-0.2, -0.15) is 0 Å². The smallest absolute Gasteiger partial charge is 0.340 e. The lowest BCUT2D eigenvalue weighted by Crippen LogP contribution is -2.42. The summed E-state index contributed by atoms with van der Waals surface area (Å²) in [4.78, 5) is 34.4. The van der Waals surface area contributed by atoms with E-state index < -0.39 is 41.7 Å². The Morgan fingerprint density at radius 2 is 1.83 bits per heavy atom. The Morgan fingerprint density at radius 3 is 2.43 bits per heavy atom. The standard InChI is InChI=1S/C14H15ClF2N2O4/c1-7(2)5-18-14(22)19-12(20)6-23-13(21)8-3-10(16)11(17)4-9(8)15/h3-4,7H,5-6H2,1-2H3,(H2,18,19,20,22). The quantitative estimate of drug-likeness (QED) is 0.631. The molecule has 126 valence electrons. The average molecular weight is 349 g/mol. The third-order valence-electron chi connectivity index (χ3n) is 2.49. The van der Waals surface area contributed by atoms with Crippen LogP contribution in [-0.2, 0) is 9.53 Å². The van der Waals surface area contributed by atoms with Gasteiger partial charge in [0.05, 0.1) is 10.6 Å². The first kappa shape index (κ1) is 18.8. The van der Waals surface area contributed by atoms with E-state index in [0.29, 0.717) is 18.7 Å². The maximum atomic E-state index is 13.1. The fourth-order valence-corrected chi connectivity index (χ4v) is 1.62. The highest BCUT2D eigenvalue weighted by Gasteiger charge is 2.18. The van der Waals surface area contributed by atoms with Crippen LogP contribution in [0, 0.1) is 17.6 Å². The van der Waals surface area contributed by atoms with Crippen LogP contribution in [0.1, 0.15) is 24.2 Å². The zero-order valence-corrected chi connectivity index (χ0v) is 13.2. The first-order valence-electron chi connectivity index (χ1n) is 6.60. The van der Waals surface area contributed by atoms with Crippen LogP contribution in [0.5, 0.6) is 0 Å². The molecule has 2 N–H and O–H groups in total. The largest absolute Gasteiger partial charge is 0.452 e. The van der Waals surface area contributed by atoms with E-state index in [1.54, 1.807) is 0 Å². The zero-order valence-electron chi connectivity index (χ0n) is 12.4. The number of carbonyl (C=O) groups is 3. The van der Waals surface area contributed by atoms with Crippen molar-refractivity contribution in [1.29, 1.82) is 0 Å². The van der Waals surface area contributed by atoms with Crippen LogP contribution in [0.15, 0.2) is 12.1 Å². The molecule has 0 radical (unpaired) electrons. The molecule has 0 fully saturated rings. The van der Waals surface area contributed by atoms with E-state index in [-0.39, 0.29) is 10.9 Å². The lowest BCUT2D eigenvalue weighted by Gasteiger charge is -2.09. The van der Waals surface area contributed by atoms with E-state index in [1.807, 2.05) is 19.2 Å². The number of halogens is 3. The number of carbonyl (C=O) groups excluding carboxylic acids is 3. The van der Waals surface area contributed by atoms with Gasteiger partial charge in [0.25, 0.3) is 5.91 Å². The molecule has 23 heavy (non-hydrogen) atoms. The predicted octanol–water partition coefficient (Wildman–Crippen LogP) is 2.26. The van der Waals surface area contributed by atoms with Gasteiger partial charge in [0.2, 0.25) is 0 Å². The molecule has 0 atom stereocenters. The molecule has 0 saturated carbocycles. The Bertz CT molecular complexity index is 623. The third-order valence-corrected chi connectivity index (χ3v) is 2.80. The second-order valence-corrected chi connectivity index (χ2v) is 5.38. The minimum atomic E-state index is -1.28. The molecule has 0 spiro atoms. The molecule has 0 aliphatic rings. The van der Waals surface area contributed by atoms with Gasteiger partial charge < -0.3 is 10.1 Å². The number of imide groups is 1. The number of esters is 1. The van der Waals surface area contributed by atoms with E-state index in [0.717, 1.165) is 0 Å². The Labute approximate surface area is 136 Å². The predicted molar refractivity (Wildman–Crippen MR) is 78.0 cm³/mol. The van der Waals surface area contributed by atoms with Gasteiger partial charge in [-0.05, 0) is 18.1 Å². The highest BCUT2D eigenvalue weighted by molar-refractivity contribution is 6.33. The Balaban J connectivity index is 2.51. The minimum Gasteiger partial charge on any atom is -0.452 e. The normalized spacial score (nSPS) is 10.3. The number of ether oxygens (including phenoxy) is 1. The topological polar surface area (TPSA) is 84.5 Å². The molecule has 0 unspecified atom stereocenters. The summed E-state index contributed by atoms with van der Waals surface area (Å²) >= 11 is 5.59. The van der Waals surface area contributed by atoms with Crippen molar-refractivity contribution in [3.05, 3.63) is 34.4 Å². The van der Waals surface area contributed by atoms with Gasteiger partial charge in [0.15, 0.2) is 18.2 Å². The van der Waals surface area contributed by atoms with Gasteiger partial charge in [0, 0.05) is 6.54 Å². The lowest BCUT2D eigenvalue weighted by molar-refractivity contribution is -0.123. The molecule has 1 aromatic rings. The van der Waals surface area contributed by atoms with Gasteiger partial charge in [-0.1, -0.05) is 25.4 Å². The molecular formula is C14H15ClF2N2O4. The lowest BCUT2D eigenvalue weighted by atomic mass is 10.2. The van der Waals surface area contributed by atoms with Gasteiger partial charge in [0.1, 0.15) is 0 Å². The number of hydrogen-bond acceptors (Lipinski definition) is 4. The van der Waals surface area contributed by atoms with Crippen molar-refractivity contribution in [2.75, 3.05) is 13.2 Å². The summed E-state index contributed by atoms with van der Waals surface area (Å²) in [6.45, 7) is 3.33. The summed E-state index contributed by atoms with van der Waals surface area (Å²) in [6.07, 6.45) is 0. The monoisotopic (exact) mass is 348 g/mol. The molecule has 1 rings (SSSR count). The molecular weight excluding hydrogens is 334 g/mol. The molecule has 0 heterocycles. The van der Waals surface area contributed by atoms with Crippen LogP contribution >= 0.6 is 11.6 Å². The number of rotatable bonds is 5. The fraction of sp³-hybridized carbons (Fsp3) is 0.357. The number of amides is 3. The molecule has 0 aromatic heterocycles. The summed E-state index contributed by atoms with van der Waals surface area (Å²) in [6, 6.07) is 0.450. The Hall–Kier alpha value is -2.22. The van der Waals surface area contributed by atoms with Crippen molar-refractivity contribution in [3.8, 4) is 0 Å². The minimum absolute atomic E-state index is 0.198. The van der Waals surface area contributed by atoms with E-state index >= 15 is 0 Å². The Kier molecular flexibility index (Phi) is 6.89. The van der Waals surface area contributed by atoms with E-state index in [1.165, 1.54) is 0 Å². The van der Waals surface area contributed by atoms with E-state index in [2.05, 4.69) is 10.1 Å². The molecule has 3 amide bonds. The van der Waals surface area contributed by atoms with Gasteiger partial charge in [-0.3, -0.25) is 10.1 Å². The van der Waals surface area contributed by atoms with E-state index in [9.17, 15) is 23.2 Å². The summed E-state index contributed by atoms with van der Waals surface area (Å²) in [7, 11) is 0. The van der Waals surface area contributed by atoms with Gasteiger partial charge in [-0.15, -0.1) is 0 Å². The maximum absolute atomic E-state index is 13.1. The number of hydrogen-bond donors (Lipinski definition) is 2. The molecule has 0 bridgehead atoms. The molecule has 0 aliphatic heterocycles. The van der Waals surface area contributed by atoms with Crippen molar-refractivity contribution in [3.63, 3.8) is 0 Å². The van der Waals surface area contributed by atoms with Crippen molar-refractivity contribution in [1.82, 2.24) is 10.6 Å². The molecule has 6 nitrogen and oxygen atoms in total. The van der Waals surface area contributed by atoms with Crippen molar-refractivity contribution in [2.45, 2.75) is 13.8 Å². The molecule has 1 aromatic carbocycles. The average Bonchev–Trinajstić information content (AvgIpc) is 2.46. The molecule has 9 heteroatoms. The highest BCUT2D eigenvalue weighted by atomic mass is 35.5. The second kappa shape index (κ2) is 8.42. The maximum Gasteiger partial charge on any atom is 0.340 e. The Morgan fingerprint density at radius 1 is 1.22 bits per heavy atom. The summed E-state index contributed by atoms with van der Waals surface area (Å²) in [5, 5.41) is 4.02. The summed E-state index contributed by atoms with van der Waals surface area (Å²) in [5.74, 6) is -4.29. The van der Waals surface area contributed by atoms with Crippen molar-refractivity contribution in [2.24, 2.45) is 5.92 Å². The summed E-state index contributed by atoms with van der Waals surface area (Å²) < 4.78 is 30.5. The van der Waals surface area contributed by atoms with Crippen LogP contribution < -0.4 is 10.6 Å². The molecule has 0 saturated heterocycles. The SMILES string of the molecule is CC(C)CNC(=O)NC(=O)COC(=O)c1cc(F)c(F)cc1Cl. The third kappa shape index (κ3) is 6.19. The van der Waals surface area contributed by atoms with Crippen LogP contribution in [0.3, 0.4) is 0 Å². The van der Waals surface area contributed by atoms with Crippen molar-refractivity contribution >= 4 is 29.5 Å². The number of urea groups is 1. The second-order valence-electron chi connectivity index (χ2n) is 4.97. The van der Waals surface area contributed by atoms with Crippen LogP contribution in [-0.4, -0.2) is 31.1 Å². The molecule has 0 aliphatic carbocycles. The van der Waals surface area contributed by atoms with E-state index in [4.69, 9.17) is 11.6 Å².